The molecule has 5 heteroatoms. The van der Waals surface area contributed by atoms with Crippen LogP contribution >= 0.6 is 0 Å². The summed E-state index contributed by atoms with van der Waals surface area (Å²) in [5.74, 6) is 0.584. The first-order valence-electron chi connectivity index (χ1n) is 7.63. The molecule has 4 N–H and O–H groups in total. The molecule has 0 saturated heterocycles. The zero-order chi connectivity index (χ0) is 15.1. The Hall–Kier alpha value is -1.52. The first kappa shape index (κ1) is 16.5. The number of anilines is 1. The molecule has 0 bridgehead atoms. The fourth-order valence-corrected chi connectivity index (χ4v) is 2.24. The van der Waals surface area contributed by atoms with Gasteiger partial charge in [0.25, 0.3) is 5.91 Å². The first-order chi connectivity index (χ1) is 9.51. The number of nitrogen functional groups attached to an aromatic ring is 1. The van der Waals surface area contributed by atoms with Crippen LogP contribution in [-0.4, -0.2) is 22.6 Å². The molecule has 1 rings (SSSR count). The van der Waals surface area contributed by atoms with Crippen molar-refractivity contribution < 1.29 is 4.79 Å². The Morgan fingerprint density at radius 1 is 1.40 bits per heavy atom. The largest absolute Gasteiger partial charge is 0.395 e. The molecule has 1 heterocycles. The van der Waals surface area contributed by atoms with E-state index in [9.17, 15) is 4.79 Å². The number of hydrogen-bond acceptors (Lipinski definition) is 3. The summed E-state index contributed by atoms with van der Waals surface area (Å²) in [6.45, 7) is 9.07. The number of nitrogens with one attached hydrogen (secondary N) is 2. The molecule has 0 fully saturated rings. The van der Waals surface area contributed by atoms with Gasteiger partial charge in [-0.2, -0.15) is 5.10 Å². The third-order valence-corrected chi connectivity index (χ3v) is 3.72. The Kier molecular flexibility index (Phi) is 6.55. The van der Waals surface area contributed by atoms with Crippen molar-refractivity contribution in [2.45, 2.75) is 59.3 Å². The molecule has 1 atom stereocenters. The third kappa shape index (κ3) is 4.25. The highest BCUT2D eigenvalue weighted by Crippen LogP contribution is 2.22. The molecular formula is C15H28N4O. The van der Waals surface area contributed by atoms with E-state index in [0.717, 1.165) is 18.5 Å². The summed E-state index contributed by atoms with van der Waals surface area (Å²) in [6.07, 6.45) is 4.62. The van der Waals surface area contributed by atoms with Gasteiger partial charge < -0.3 is 11.1 Å². The van der Waals surface area contributed by atoms with E-state index in [1.807, 2.05) is 13.8 Å². The fraction of sp³-hybridized carbons (Fsp3) is 0.733. The zero-order valence-electron chi connectivity index (χ0n) is 13.1. The van der Waals surface area contributed by atoms with Crippen LogP contribution < -0.4 is 11.1 Å². The van der Waals surface area contributed by atoms with Gasteiger partial charge in [-0.1, -0.05) is 47.0 Å². The lowest BCUT2D eigenvalue weighted by atomic mass is 9.99. The lowest BCUT2D eigenvalue weighted by Gasteiger charge is -2.14. The average Bonchev–Trinajstić information content (AvgIpc) is 2.80. The second-order valence-corrected chi connectivity index (χ2v) is 5.68. The number of rotatable bonds is 8. The molecule has 0 aromatic carbocycles. The van der Waals surface area contributed by atoms with Crippen molar-refractivity contribution in [2.75, 3.05) is 12.3 Å². The summed E-state index contributed by atoms with van der Waals surface area (Å²) in [7, 11) is 0. The van der Waals surface area contributed by atoms with Crippen molar-refractivity contribution >= 4 is 11.6 Å². The second-order valence-electron chi connectivity index (χ2n) is 5.68. The minimum absolute atomic E-state index is 0.180. The van der Waals surface area contributed by atoms with Gasteiger partial charge in [0.15, 0.2) is 5.69 Å². The number of carbonyl (C=O) groups excluding carboxylic acids is 1. The van der Waals surface area contributed by atoms with Gasteiger partial charge in [-0.3, -0.25) is 9.89 Å². The summed E-state index contributed by atoms with van der Waals surface area (Å²) in [5.41, 5.74) is 7.59. The SMILES string of the molecule is CCCCC(CC)CNC(=O)c1n[nH]c(C(C)C)c1N. The normalized spacial score (nSPS) is 12.7. The van der Waals surface area contributed by atoms with Crippen LogP contribution in [0.25, 0.3) is 0 Å². The van der Waals surface area contributed by atoms with Gasteiger partial charge in [-0.05, 0) is 18.3 Å². The maximum atomic E-state index is 12.1. The van der Waals surface area contributed by atoms with Gasteiger partial charge in [0.1, 0.15) is 0 Å². The van der Waals surface area contributed by atoms with Crippen LogP contribution in [0, 0.1) is 5.92 Å². The van der Waals surface area contributed by atoms with Crippen LogP contribution in [0.1, 0.15) is 75.5 Å². The number of nitrogens with zero attached hydrogens (tertiary/aromatic N) is 1. The minimum Gasteiger partial charge on any atom is -0.395 e. The molecule has 0 spiro atoms. The highest BCUT2D eigenvalue weighted by molar-refractivity contribution is 5.97. The predicted octanol–water partition coefficient (Wildman–Crippen LogP) is 3.06. The number of H-pyrrole nitrogens is 1. The van der Waals surface area contributed by atoms with E-state index < -0.39 is 0 Å². The molecule has 5 nitrogen and oxygen atoms in total. The van der Waals surface area contributed by atoms with E-state index in [2.05, 4.69) is 29.4 Å². The summed E-state index contributed by atoms with van der Waals surface area (Å²) in [4.78, 5) is 12.1. The van der Waals surface area contributed by atoms with E-state index in [1.54, 1.807) is 0 Å². The molecule has 0 radical (unpaired) electrons. The van der Waals surface area contributed by atoms with Crippen LogP contribution in [0.2, 0.25) is 0 Å². The van der Waals surface area contributed by atoms with Gasteiger partial charge in [-0.25, -0.2) is 0 Å². The number of hydrogen-bond donors (Lipinski definition) is 3. The third-order valence-electron chi connectivity index (χ3n) is 3.72. The summed E-state index contributed by atoms with van der Waals surface area (Å²) >= 11 is 0. The molecule has 1 amide bonds. The molecule has 1 aromatic rings. The fourth-order valence-electron chi connectivity index (χ4n) is 2.24. The minimum atomic E-state index is -0.180. The Bertz CT molecular complexity index is 426. The maximum Gasteiger partial charge on any atom is 0.273 e. The molecule has 1 unspecified atom stereocenters. The van der Waals surface area contributed by atoms with E-state index in [4.69, 9.17) is 5.73 Å². The standard InChI is InChI=1S/C15H28N4O/c1-5-7-8-11(6-2)9-17-15(20)14-12(16)13(10(3)4)18-19-14/h10-11H,5-9,16H2,1-4H3,(H,17,20)(H,18,19). The number of unbranched alkanes of at least 4 members (excludes halogenated alkanes) is 1. The Morgan fingerprint density at radius 3 is 2.60 bits per heavy atom. The summed E-state index contributed by atoms with van der Waals surface area (Å²) in [5, 5.41) is 9.85. The second kappa shape index (κ2) is 7.92. The number of carbonyl (C=O) groups is 1. The van der Waals surface area contributed by atoms with Crippen LogP contribution in [0.15, 0.2) is 0 Å². The van der Waals surface area contributed by atoms with Crippen molar-refractivity contribution in [3.63, 3.8) is 0 Å². The zero-order valence-corrected chi connectivity index (χ0v) is 13.1. The van der Waals surface area contributed by atoms with E-state index >= 15 is 0 Å². The maximum absolute atomic E-state index is 12.1. The molecule has 114 valence electrons. The topological polar surface area (TPSA) is 83.8 Å². The van der Waals surface area contributed by atoms with Crippen LogP contribution in [0.4, 0.5) is 5.69 Å². The van der Waals surface area contributed by atoms with Crippen molar-refractivity contribution in [1.82, 2.24) is 15.5 Å². The molecule has 0 saturated carbocycles. The summed E-state index contributed by atoms with van der Waals surface area (Å²) < 4.78 is 0. The highest BCUT2D eigenvalue weighted by atomic mass is 16.1. The lowest BCUT2D eigenvalue weighted by molar-refractivity contribution is 0.0941. The number of amides is 1. The lowest BCUT2D eigenvalue weighted by Crippen LogP contribution is -2.30. The predicted molar refractivity (Wildman–Crippen MR) is 82.7 cm³/mol. The number of aromatic nitrogens is 2. The van der Waals surface area contributed by atoms with Crippen LogP contribution in [0.3, 0.4) is 0 Å². The van der Waals surface area contributed by atoms with Gasteiger partial charge in [0.2, 0.25) is 0 Å². The van der Waals surface area contributed by atoms with Crippen molar-refractivity contribution in [1.29, 1.82) is 0 Å². The Labute approximate surface area is 121 Å². The van der Waals surface area contributed by atoms with Crippen molar-refractivity contribution in [3.05, 3.63) is 11.4 Å². The van der Waals surface area contributed by atoms with Crippen LogP contribution in [0.5, 0.6) is 0 Å². The number of aromatic amines is 1. The van der Waals surface area contributed by atoms with Gasteiger partial charge in [0.05, 0.1) is 11.4 Å². The Morgan fingerprint density at radius 2 is 2.10 bits per heavy atom. The molecule has 0 aliphatic heterocycles. The van der Waals surface area contributed by atoms with Crippen molar-refractivity contribution in [3.8, 4) is 0 Å². The van der Waals surface area contributed by atoms with Crippen molar-refractivity contribution in [2.24, 2.45) is 5.92 Å². The highest BCUT2D eigenvalue weighted by Gasteiger charge is 2.19. The first-order valence-corrected chi connectivity index (χ1v) is 7.63. The van der Waals surface area contributed by atoms with E-state index in [0.29, 0.717) is 23.8 Å². The monoisotopic (exact) mass is 280 g/mol. The van der Waals surface area contributed by atoms with Crippen LogP contribution in [-0.2, 0) is 0 Å². The molecule has 1 aromatic heterocycles. The number of nitrogens with two attached hydrogens (primary N) is 1. The van der Waals surface area contributed by atoms with Gasteiger partial charge >= 0.3 is 0 Å². The summed E-state index contributed by atoms with van der Waals surface area (Å²) in [6, 6.07) is 0. The van der Waals surface area contributed by atoms with E-state index in [1.165, 1.54) is 12.8 Å². The van der Waals surface area contributed by atoms with Gasteiger partial charge in [-0.15, -0.1) is 0 Å². The molecule has 20 heavy (non-hydrogen) atoms. The quantitative estimate of drug-likeness (QED) is 0.684. The molecule has 0 aliphatic rings. The average molecular weight is 280 g/mol. The van der Waals surface area contributed by atoms with Gasteiger partial charge in [0, 0.05) is 6.54 Å². The Balaban J connectivity index is 2.58. The smallest absolute Gasteiger partial charge is 0.273 e. The molecular weight excluding hydrogens is 252 g/mol. The van der Waals surface area contributed by atoms with E-state index in [-0.39, 0.29) is 11.8 Å². The molecule has 0 aliphatic carbocycles.